The summed E-state index contributed by atoms with van der Waals surface area (Å²) in [5.74, 6) is 1.74. The van der Waals surface area contributed by atoms with Crippen LogP contribution in [0.4, 0.5) is 16.0 Å². The van der Waals surface area contributed by atoms with Crippen molar-refractivity contribution in [1.29, 1.82) is 0 Å². The highest BCUT2D eigenvalue weighted by molar-refractivity contribution is 5.74. The van der Waals surface area contributed by atoms with Gasteiger partial charge in [0.05, 0.1) is 11.7 Å². The fourth-order valence-corrected chi connectivity index (χ4v) is 4.75. The molecule has 0 radical (unpaired) electrons. The van der Waals surface area contributed by atoms with Crippen LogP contribution in [-0.4, -0.2) is 31.6 Å². The summed E-state index contributed by atoms with van der Waals surface area (Å²) in [5, 5.41) is 3.20. The second-order valence-corrected chi connectivity index (χ2v) is 8.13. The molecule has 2 aromatic heterocycles. The van der Waals surface area contributed by atoms with Crippen LogP contribution in [0.15, 0.2) is 23.1 Å². The minimum atomic E-state index is -1.10. The first-order chi connectivity index (χ1) is 13.4. The molecule has 28 heavy (non-hydrogen) atoms. The Labute approximate surface area is 158 Å². The highest BCUT2D eigenvalue weighted by Gasteiger charge is 2.71. The van der Waals surface area contributed by atoms with E-state index in [2.05, 4.69) is 15.3 Å². The van der Waals surface area contributed by atoms with Crippen molar-refractivity contribution in [1.82, 2.24) is 19.1 Å². The van der Waals surface area contributed by atoms with Crippen LogP contribution >= 0.6 is 0 Å². The largest absolute Gasteiger partial charge is 0.454 e. The smallest absolute Gasteiger partial charge is 0.330 e. The van der Waals surface area contributed by atoms with Crippen LogP contribution in [0.25, 0.3) is 11.2 Å². The van der Waals surface area contributed by atoms with E-state index < -0.39 is 11.2 Å². The highest BCUT2D eigenvalue weighted by atomic mass is 19.1. The van der Waals surface area contributed by atoms with Crippen LogP contribution in [0.3, 0.4) is 0 Å². The van der Waals surface area contributed by atoms with Gasteiger partial charge in [-0.25, -0.2) is 14.2 Å². The molecule has 2 bridgehead atoms. The van der Waals surface area contributed by atoms with Gasteiger partial charge in [-0.05, 0) is 18.6 Å². The van der Waals surface area contributed by atoms with Crippen molar-refractivity contribution in [2.24, 2.45) is 7.05 Å². The molecule has 0 atom stereocenters. The molecule has 1 aromatic carbocycles. The molecule has 144 valence electrons. The Balaban J connectivity index is 1.43. The van der Waals surface area contributed by atoms with E-state index >= 15 is 0 Å². The van der Waals surface area contributed by atoms with Gasteiger partial charge in [0.2, 0.25) is 12.7 Å². The summed E-state index contributed by atoms with van der Waals surface area (Å²) in [6.45, 7) is 2.15. The molecule has 0 unspecified atom stereocenters. The number of hydrogen-bond acceptors (Lipinski definition) is 6. The number of aromatic nitrogens is 4. The van der Waals surface area contributed by atoms with Crippen molar-refractivity contribution >= 4 is 22.8 Å². The molecule has 1 N–H and O–H groups in total. The zero-order chi connectivity index (χ0) is 19.3. The van der Waals surface area contributed by atoms with Crippen molar-refractivity contribution in [2.45, 2.75) is 37.4 Å². The summed E-state index contributed by atoms with van der Waals surface area (Å²) in [6.07, 6.45) is 2.77. The molecule has 4 aliphatic rings. The first-order valence-electron chi connectivity index (χ1n) is 9.19. The molecule has 3 saturated carbocycles. The number of alkyl halides is 1. The molecule has 0 spiro atoms. The number of aryl methyl sites for hydroxylation is 2. The van der Waals surface area contributed by atoms with Gasteiger partial charge in [0.1, 0.15) is 11.2 Å². The molecule has 0 saturated heterocycles. The number of imidazole rings is 1. The number of halogens is 1. The van der Waals surface area contributed by atoms with Crippen molar-refractivity contribution in [2.75, 3.05) is 12.1 Å². The maximum Gasteiger partial charge on any atom is 0.330 e. The van der Waals surface area contributed by atoms with Gasteiger partial charge in [-0.1, -0.05) is 0 Å². The monoisotopic (exact) mass is 383 g/mol. The summed E-state index contributed by atoms with van der Waals surface area (Å²) in [5.41, 5.74) is 1.20. The van der Waals surface area contributed by atoms with Crippen LogP contribution in [0.5, 0.6) is 11.5 Å². The van der Waals surface area contributed by atoms with E-state index in [1.165, 1.54) is 4.57 Å². The van der Waals surface area contributed by atoms with Crippen LogP contribution in [-0.2, 0) is 12.6 Å². The number of nitrogens with one attached hydrogen (secondary N) is 1. The van der Waals surface area contributed by atoms with Crippen molar-refractivity contribution in [3.8, 4) is 11.5 Å². The molecule has 3 heterocycles. The van der Waals surface area contributed by atoms with Crippen molar-refractivity contribution < 1.29 is 13.9 Å². The average molecular weight is 383 g/mol. The molecule has 1 aliphatic heterocycles. The molecule has 9 heteroatoms. The zero-order valence-electron chi connectivity index (χ0n) is 15.5. The van der Waals surface area contributed by atoms with E-state index in [0.717, 1.165) is 11.3 Å². The lowest BCUT2D eigenvalue weighted by Gasteiger charge is -2.65. The topological polar surface area (TPSA) is 83.2 Å². The van der Waals surface area contributed by atoms with Crippen molar-refractivity contribution in [3.05, 3.63) is 34.4 Å². The number of benzene rings is 1. The van der Waals surface area contributed by atoms with E-state index in [0.29, 0.717) is 47.9 Å². The lowest BCUT2D eigenvalue weighted by Crippen LogP contribution is -2.71. The molecular weight excluding hydrogens is 365 g/mol. The fraction of sp³-hybridized carbons (Fsp3) is 0.421. The molecule has 3 aromatic rings. The van der Waals surface area contributed by atoms with Crippen LogP contribution in [0.2, 0.25) is 0 Å². The number of anilines is 2. The molecule has 7 rings (SSSR count). The number of nitrogens with zero attached hydrogens (tertiary/aromatic N) is 4. The SMILES string of the molecule is Cc1cc2c(cc1Nc1ncc3c(n1)n(C14CC(F)(C1)C4)c(=O)n3C)OCO2. The molecule has 3 fully saturated rings. The van der Waals surface area contributed by atoms with Crippen molar-refractivity contribution in [3.63, 3.8) is 0 Å². The van der Waals surface area contributed by atoms with E-state index in [9.17, 15) is 9.18 Å². The Morgan fingerprint density at radius 1 is 1.21 bits per heavy atom. The van der Waals surface area contributed by atoms with Crippen LogP contribution in [0.1, 0.15) is 24.8 Å². The Morgan fingerprint density at radius 3 is 2.64 bits per heavy atom. The second-order valence-electron chi connectivity index (χ2n) is 8.13. The molecule has 0 amide bonds. The summed E-state index contributed by atoms with van der Waals surface area (Å²) in [6, 6.07) is 3.74. The van der Waals surface area contributed by atoms with Gasteiger partial charge in [0, 0.05) is 38.1 Å². The van der Waals surface area contributed by atoms with Gasteiger partial charge >= 0.3 is 5.69 Å². The number of rotatable bonds is 3. The second kappa shape index (κ2) is 4.84. The normalized spacial score (nSPS) is 26.8. The molecule has 8 nitrogen and oxygen atoms in total. The van der Waals surface area contributed by atoms with Gasteiger partial charge < -0.3 is 14.8 Å². The minimum Gasteiger partial charge on any atom is -0.454 e. The highest BCUT2D eigenvalue weighted by Crippen LogP contribution is 2.67. The fourth-order valence-electron chi connectivity index (χ4n) is 4.75. The van der Waals surface area contributed by atoms with Crippen LogP contribution < -0.4 is 20.5 Å². The maximum atomic E-state index is 14.1. The Bertz CT molecular complexity index is 1210. The summed E-state index contributed by atoms with van der Waals surface area (Å²) >= 11 is 0. The Hall–Kier alpha value is -3.10. The van der Waals surface area contributed by atoms with E-state index in [1.54, 1.807) is 17.8 Å². The Kier molecular flexibility index (Phi) is 2.75. The van der Waals surface area contributed by atoms with Crippen LogP contribution in [0, 0.1) is 6.92 Å². The minimum absolute atomic E-state index is 0.178. The predicted octanol–water partition coefficient (Wildman–Crippen LogP) is 2.51. The molecule has 3 aliphatic carbocycles. The van der Waals surface area contributed by atoms with E-state index in [4.69, 9.17) is 9.47 Å². The summed E-state index contributed by atoms with van der Waals surface area (Å²) < 4.78 is 28.1. The summed E-state index contributed by atoms with van der Waals surface area (Å²) in [4.78, 5) is 21.8. The lowest BCUT2D eigenvalue weighted by atomic mass is 9.47. The standard InChI is InChI=1S/C19H18FN5O3/c1-10-3-13-14(28-9-27-13)4-11(10)22-16-21-5-12-15(23-16)25(17(26)24(12)2)19-6-18(20,7-19)8-19/h3-5H,6-9H2,1-2H3,(H,21,22,23). The van der Waals surface area contributed by atoms with Gasteiger partial charge in [-0.3, -0.25) is 9.13 Å². The van der Waals surface area contributed by atoms with Gasteiger partial charge in [0.25, 0.3) is 0 Å². The zero-order valence-corrected chi connectivity index (χ0v) is 15.5. The predicted molar refractivity (Wildman–Crippen MR) is 99.0 cm³/mol. The quantitative estimate of drug-likeness (QED) is 0.748. The van der Waals surface area contributed by atoms with E-state index in [1.807, 2.05) is 19.1 Å². The van der Waals surface area contributed by atoms with Gasteiger partial charge in [0.15, 0.2) is 17.1 Å². The third-order valence-corrected chi connectivity index (χ3v) is 6.18. The first-order valence-corrected chi connectivity index (χ1v) is 9.19. The van der Waals surface area contributed by atoms with Gasteiger partial charge in [-0.2, -0.15) is 4.98 Å². The molecular formula is C19H18FN5O3. The summed E-state index contributed by atoms with van der Waals surface area (Å²) in [7, 11) is 1.69. The number of hydrogen-bond donors (Lipinski definition) is 1. The maximum absolute atomic E-state index is 14.1. The van der Waals surface area contributed by atoms with Gasteiger partial charge in [-0.15, -0.1) is 0 Å². The average Bonchev–Trinajstić information content (AvgIpc) is 3.15. The first kappa shape index (κ1) is 15.9. The third-order valence-electron chi connectivity index (χ3n) is 6.18. The third kappa shape index (κ3) is 1.91. The Morgan fingerprint density at radius 2 is 1.93 bits per heavy atom. The number of fused-ring (bicyclic) bond motifs is 2. The van der Waals surface area contributed by atoms with E-state index in [-0.39, 0.29) is 12.5 Å². The number of ether oxygens (including phenoxy) is 2. The lowest BCUT2D eigenvalue weighted by molar-refractivity contribution is -0.197.